The number of Topliss-reactive ketones (excluding diaryl/α,β-unsaturated/α-hetero) is 1. The lowest BCUT2D eigenvalue weighted by molar-refractivity contribution is 0.0497. The Hall–Kier alpha value is -3.27. The van der Waals surface area contributed by atoms with Gasteiger partial charge in [0.25, 0.3) is 0 Å². The number of rotatable bonds is 6. The Balaban J connectivity index is 1.27. The van der Waals surface area contributed by atoms with Crippen LogP contribution in [0.15, 0.2) is 41.3 Å². The highest BCUT2D eigenvalue weighted by molar-refractivity contribution is 9.10. The van der Waals surface area contributed by atoms with Crippen molar-refractivity contribution < 1.29 is 14.3 Å². The molecule has 37 heavy (non-hydrogen) atoms. The van der Waals surface area contributed by atoms with E-state index in [-0.39, 0.29) is 23.8 Å². The SMILES string of the molecule is CC(C)(C)OC(=O)NC1CCN(c2ncc(Nc3c(C(=O)C4CC4)cnc4ccc(Br)cc34)cn2)CC1. The number of piperidine rings is 1. The van der Waals surface area contributed by atoms with Crippen molar-refractivity contribution in [2.45, 2.75) is 58.1 Å². The second kappa shape index (κ2) is 10.2. The Bertz CT molecular complexity index is 1310. The summed E-state index contributed by atoms with van der Waals surface area (Å²) in [6, 6.07) is 5.90. The van der Waals surface area contributed by atoms with Gasteiger partial charge in [-0.15, -0.1) is 0 Å². The number of carbonyl (C=O) groups is 2. The van der Waals surface area contributed by atoms with Gasteiger partial charge in [-0.05, 0) is 64.7 Å². The summed E-state index contributed by atoms with van der Waals surface area (Å²) in [4.78, 5) is 40.9. The maximum absolute atomic E-state index is 13.0. The number of anilines is 3. The van der Waals surface area contributed by atoms with Gasteiger partial charge in [0.1, 0.15) is 5.60 Å². The van der Waals surface area contributed by atoms with Gasteiger partial charge in [-0.1, -0.05) is 15.9 Å². The van der Waals surface area contributed by atoms with E-state index in [1.165, 1.54) is 0 Å². The maximum atomic E-state index is 13.0. The third-order valence-electron chi connectivity index (χ3n) is 6.45. The van der Waals surface area contributed by atoms with Crippen LogP contribution in [0.5, 0.6) is 0 Å². The number of carbonyl (C=O) groups excluding carboxylic acids is 2. The number of nitrogens with one attached hydrogen (secondary N) is 2. The minimum Gasteiger partial charge on any atom is -0.444 e. The normalized spacial score (nSPS) is 16.5. The van der Waals surface area contributed by atoms with E-state index in [2.05, 4.69) is 46.4 Å². The van der Waals surface area contributed by atoms with Gasteiger partial charge in [-0.2, -0.15) is 0 Å². The van der Waals surface area contributed by atoms with E-state index in [0.717, 1.165) is 59.8 Å². The van der Waals surface area contributed by atoms with Crippen molar-refractivity contribution >= 4 is 56.0 Å². The molecule has 0 radical (unpaired) electrons. The monoisotopic (exact) mass is 566 g/mol. The number of halogens is 1. The third-order valence-corrected chi connectivity index (χ3v) is 6.94. The topological polar surface area (TPSA) is 109 Å². The Morgan fingerprint density at radius 2 is 1.73 bits per heavy atom. The molecule has 2 fully saturated rings. The molecule has 1 aliphatic carbocycles. The van der Waals surface area contributed by atoms with Crippen molar-refractivity contribution in [3.63, 3.8) is 0 Å². The number of alkyl carbamates (subject to hydrolysis) is 1. The van der Waals surface area contributed by atoms with Crippen molar-refractivity contribution in [3.8, 4) is 0 Å². The van der Waals surface area contributed by atoms with Gasteiger partial charge >= 0.3 is 6.09 Å². The Morgan fingerprint density at radius 1 is 1.03 bits per heavy atom. The van der Waals surface area contributed by atoms with Gasteiger partial charge in [-0.3, -0.25) is 9.78 Å². The van der Waals surface area contributed by atoms with E-state index < -0.39 is 5.60 Å². The molecule has 1 aliphatic heterocycles. The standard InChI is InChI=1S/C27H31BrN6O3/c1-27(2,3)37-26(36)33-18-8-10-34(11-9-18)25-30-13-19(14-31-25)32-23-20-12-17(28)6-7-22(20)29-15-21(23)24(35)16-4-5-16/h6-7,12-16,18H,4-5,8-11H2,1-3H3,(H,29,32)(H,33,36). The van der Waals surface area contributed by atoms with E-state index in [9.17, 15) is 9.59 Å². The number of nitrogens with zero attached hydrogens (tertiary/aromatic N) is 4. The summed E-state index contributed by atoms with van der Waals surface area (Å²) in [5, 5.41) is 7.22. The molecule has 0 spiro atoms. The van der Waals surface area contributed by atoms with E-state index in [4.69, 9.17) is 4.74 Å². The molecule has 0 atom stereocenters. The molecule has 3 heterocycles. The highest BCUT2D eigenvalue weighted by atomic mass is 79.9. The smallest absolute Gasteiger partial charge is 0.407 e. The first-order valence-electron chi connectivity index (χ1n) is 12.6. The first kappa shape index (κ1) is 25.4. The molecule has 1 saturated carbocycles. The Morgan fingerprint density at radius 3 is 2.38 bits per heavy atom. The molecule has 3 aromatic rings. The van der Waals surface area contributed by atoms with Crippen LogP contribution in [0.2, 0.25) is 0 Å². The van der Waals surface area contributed by atoms with Crippen molar-refractivity contribution in [1.29, 1.82) is 0 Å². The molecule has 5 rings (SSSR count). The number of pyridine rings is 1. The number of ether oxygens (including phenoxy) is 1. The Kier molecular flexibility index (Phi) is 7.02. The molecule has 9 nitrogen and oxygen atoms in total. The van der Waals surface area contributed by atoms with Gasteiger partial charge in [0.05, 0.1) is 34.8 Å². The molecule has 1 saturated heterocycles. The maximum Gasteiger partial charge on any atom is 0.407 e. The number of hydrogen-bond donors (Lipinski definition) is 2. The molecule has 194 valence electrons. The minimum atomic E-state index is -0.514. The molecule has 1 amide bonds. The van der Waals surface area contributed by atoms with Crippen LogP contribution in [-0.4, -0.2) is 51.6 Å². The fourth-order valence-corrected chi connectivity index (χ4v) is 4.80. The second-order valence-electron chi connectivity index (χ2n) is 10.7. The van der Waals surface area contributed by atoms with E-state index in [1.807, 2.05) is 39.0 Å². The zero-order chi connectivity index (χ0) is 26.2. The fraction of sp³-hybridized carbons (Fsp3) is 0.444. The van der Waals surface area contributed by atoms with Crippen LogP contribution in [0.3, 0.4) is 0 Å². The van der Waals surface area contributed by atoms with Crippen LogP contribution in [-0.2, 0) is 4.74 Å². The van der Waals surface area contributed by atoms with Crippen molar-refractivity contribution in [1.82, 2.24) is 20.3 Å². The van der Waals surface area contributed by atoms with E-state index in [0.29, 0.717) is 17.2 Å². The molecule has 2 aromatic heterocycles. The van der Waals surface area contributed by atoms with Crippen LogP contribution >= 0.6 is 15.9 Å². The summed E-state index contributed by atoms with van der Waals surface area (Å²) in [5.41, 5.74) is 2.31. The van der Waals surface area contributed by atoms with Gasteiger partial charge in [0.15, 0.2) is 5.78 Å². The highest BCUT2D eigenvalue weighted by Crippen LogP contribution is 2.38. The summed E-state index contributed by atoms with van der Waals surface area (Å²) in [6.07, 6.45) is 8.19. The molecule has 2 aliphatic rings. The van der Waals surface area contributed by atoms with Gasteiger partial charge in [0.2, 0.25) is 5.95 Å². The predicted octanol–water partition coefficient (Wildman–Crippen LogP) is 5.62. The first-order chi connectivity index (χ1) is 17.7. The molecule has 0 unspecified atom stereocenters. The average Bonchev–Trinajstić information content (AvgIpc) is 3.69. The summed E-state index contributed by atoms with van der Waals surface area (Å²) in [5.74, 6) is 0.841. The number of benzene rings is 1. The van der Waals surface area contributed by atoms with Gasteiger partial charge in [0, 0.05) is 41.1 Å². The number of aromatic nitrogens is 3. The lowest BCUT2D eigenvalue weighted by Crippen LogP contribution is -2.46. The molecule has 1 aromatic carbocycles. The lowest BCUT2D eigenvalue weighted by Gasteiger charge is -2.32. The Labute approximate surface area is 224 Å². The van der Waals surface area contributed by atoms with Gasteiger partial charge in [-0.25, -0.2) is 14.8 Å². The quantitative estimate of drug-likeness (QED) is 0.370. The second-order valence-corrected chi connectivity index (χ2v) is 11.6. The number of hydrogen-bond acceptors (Lipinski definition) is 8. The van der Waals surface area contributed by atoms with E-state index >= 15 is 0 Å². The molecule has 2 N–H and O–H groups in total. The molecule has 10 heteroatoms. The largest absolute Gasteiger partial charge is 0.444 e. The molecular formula is C27H31BrN6O3. The van der Waals surface area contributed by atoms with Crippen molar-refractivity contribution in [2.24, 2.45) is 5.92 Å². The first-order valence-corrected chi connectivity index (χ1v) is 13.4. The van der Waals surface area contributed by atoms with Crippen molar-refractivity contribution in [2.75, 3.05) is 23.3 Å². The summed E-state index contributed by atoms with van der Waals surface area (Å²) < 4.78 is 6.28. The van der Waals surface area contributed by atoms with Crippen LogP contribution < -0.4 is 15.5 Å². The fourth-order valence-electron chi connectivity index (χ4n) is 4.44. The van der Waals surface area contributed by atoms with E-state index in [1.54, 1.807) is 18.6 Å². The third kappa shape index (κ3) is 6.18. The predicted molar refractivity (Wildman–Crippen MR) is 146 cm³/mol. The molecular weight excluding hydrogens is 536 g/mol. The summed E-state index contributed by atoms with van der Waals surface area (Å²) in [7, 11) is 0. The minimum absolute atomic E-state index is 0.0637. The molecule has 0 bridgehead atoms. The van der Waals surface area contributed by atoms with Gasteiger partial charge < -0.3 is 20.3 Å². The number of ketones is 1. The summed E-state index contributed by atoms with van der Waals surface area (Å²) >= 11 is 3.54. The van der Waals surface area contributed by atoms with Crippen LogP contribution in [0.4, 0.5) is 22.1 Å². The summed E-state index contributed by atoms with van der Waals surface area (Å²) in [6.45, 7) is 7.03. The number of amides is 1. The van der Waals surface area contributed by atoms with Crippen LogP contribution in [0.25, 0.3) is 10.9 Å². The zero-order valence-corrected chi connectivity index (χ0v) is 22.8. The van der Waals surface area contributed by atoms with Crippen LogP contribution in [0, 0.1) is 5.92 Å². The average molecular weight is 567 g/mol. The van der Waals surface area contributed by atoms with Crippen LogP contribution in [0.1, 0.15) is 56.8 Å². The zero-order valence-electron chi connectivity index (χ0n) is 21.3. The lowest BCUT2D eigenvalue weighted by atomic mass is 10.0. The number of fused-ring (bicyclic) bond motifs is 1. The highest BCUT2D eigenvalue weighted by Gasteiger charge is 2.32. The van der Waals surface area contributed by atoms with Crippen molar-refractivity contribution in [3.05, 3.63) is 46.8 Å².